The summed E-state index contributed by atoms with van der Waals surface area (Å²) in [5.74, 6) is 0.828. The zero-order valence-corrected chi connectivity index (χ0v) is 15.7. The van der Waals surface area contributed by atoms with Crippen LogP contribution >= 0.6 is 0 Å². The highest BCUT2D eigenvalue weighted by Crippen LogP contribution is 2.39. The number of likely N-dealkylation sites (tertiary alicyclic amines) is 1. The van der Waals surface area contributed by atoms with Crippen LogP contribution in [0.4, 0.5) is 0 Å². The number of nitrogens with zero attached hydrogens (tertiary/aromatic N) is 1. The Kier molecular flexibility index (Phi) is 5.16. The number of benzene rings is 1. The normalized spacial score (nSPS) is 20.6. The molecule has 25 heavy (non-hydrogen) atoms. The lowest BCUT2D eigenvalue weighted by molar-refractivity contribution is -0.139. The van der Waals surface area contributed by atoms with Crippen molar-refractivity contribution >= 4 is 11.8 Å². The highest BCUT2D eigenvalue weighted by molar-refractivity contribution is 5.88. The van der Waals surface area contributed by atoms with Gasteiger partial charge in [0.25, 0.3) is 0 Å². The van der Waals surface area contributed by atoms with Crippen LogP contribution in [0.5, 0.6) is 0 Å². The lowest BCUT2D eigenvalue weighted by Gasteiger charge is -2.27. The molecular weight excluding hydrogens is 312 g/mol. The molecule has 2 fully saturated rings. The number of rotatable bonds is 5. The summed E-state index contributed by atoms with van der Waals surface area (Å²) in [7, 11) is 0. The standard InChI is InChI=1S/C21H30N2O2/c1-21(2,3)13-19(24)23-12-4-5-18(23)20(25)22-14-15-6-8-16(9-7-15)17-10-11-17/h6-9,17-18H,4-5,10-14H2,1-3H3,(H,22,25)/t18-/m1/s1. The topological polar surface area (TPSA) is 49.4 Å². The maximum atomic E-state index is 12.6. The van der Waals surface area contributed by atoms with Crippen molar-refractivity contribution < 1.29 is 9.59 Å². The Morgan fingerprint density at radius 2 is 1.80 bits per heavy atom. The van der Waals surface area contributed by atoms with Crippen molar-refractivity contribution in [2.24, 2.45) is 5.41 Å². The molecule has 1 saturated carbocycles. The minimum atomic E-state index is -0.305. The maximum absolute atomic E-state index is 12.6. The molecule has 1 aliphatic carbocycles. The molecule has 2 aliphatic rings. The van der Waals surface area contributed by atoms with Crippen LogP contribution in [0.3, 0.4) is 0 Å². The van der Waals surface area contributed by atoms with E-state index in [0.717, 1.165) is 24.3 Å². The van der Waals surface area contributed by atoms with Crippen molar-refractivity contribution in [3.63, 3.8) is 0 Å². The van der Waals surface area contributed by atoms with Crippen LogP contribution in [-0.2, 0) is 16.1 Å². The fourth-order valence-corrected chi connectivity index (χ4v) is 3.52. The number of carbonyl (C=O) groups is 2. The van der Waals surface area contributed by atoms with E-state index in [9.17, 15) is 9.59 Å². The van der Waals surface area contributed by atoms with Gasteiger partial charge in [0, 0.05) is 19.5 Å². The first-order valence-electron chi connectivity index (χ1n) is 9.49. The molecule has 4 nitrogen and oxygen atoms in total. The average Bonchev–Trinajstić information content (AvgIpc) is 3.27. The summed E-state index contributed by atoms with van der Waals surface area (Å²) >= 11 is 0. The molecule has 136 valence electrons. The van der Waals surface area contributed by atoms with E-state index in [-0.39, 0.29) is 23.3 Å². The number of hydrogen-bond acceptors (Lipinski definition) is 2. The van der Waals surface area contributed by atoms with Gasteiger partial charge in [0.15, 0.2) is 0 Å². The van der Waals surface area contributed by atoms with E-state index in [1.807, 2.05) is 0 Å². The first-order chi connectivity index (χ1) is 11.8. The minimum Gasteiger partial charge on any atom is -0.350 e. The summed E-state index contributed by atoms with van der Waals surface area (Å²) in [5.41, 5.74) is 2.47. The first-order valence-corrected chi connectivity index (χ1v) is 9.49. The second-order valence-corrected chi connectivity index (χ2v) is 8.72. The molecule has 0 bridgehead atoms. The zero-order chi connectivity index (χ0) is 18.0. The van der Waals surface area contributed by atoms with Crippen molar-refractivity contribution in [3.05, 3.63) is 35.4 Å². The van der Waals surface area contributed by atoms with Gasteiger partial charge in [-0.05, 0) is 48.1 Å². The molecule has 0 unspecified atom stereocenters. The van der Waals surface area contributed by atoms with E-state index >= 15 is 0 Å². The van der Waals surface area contributed by atoms with Gasteiger partial charge in [0.05, 0.1) is 0 Å². The quantitative estimate of drug-likeness (QED) is 0.889. The van der Waals surface area contributed by atoms with Crippen LogP contribution in [0, 0.1) is 5.41 Å². The molecule has 2 amide bonds. The third-order valence-corrected chi connectivity index (χ3v) is 5.05. The summed E-state index contributed by atoms with van der Waals surface area (Å²) < 4.78 is 0. The van der Waals surface area contributed by atoms with Gasteiger partial charge in [0.2, 0.25) is 11.8 Å². The van der Waals surface area contributed by atoms with Gasteiger partial charge < -0.3 is 10.2 Å². The second-order valence-electron chi connectivity index (χ2n) is 8.72. The smallest absolute Gasteiger partial charge is 0.243 e. The lowest BCUT2D eigenvalue weighted by Crippen LogP contribution is -2.46. The van der Waals surface area contributed by atoms with Crippen molar-refractivity contribution in [2.75, 3.05) is 6.54 Å². The number of carbonyl (C=O) groups excluding carboxylic acids is 2. The van der Waals surface area contributed by atoms with E-state index < -0.39 is 0 Å². The summed E-state index contributed by atoms with van der Waals surface area (Å²) in [6.45, 7) is 7.40. The van der Waals surface area contributed by atoms with Crippen LogP contribution in [0.25, 0.3) is 0 Å². The lowest BCUT2D eigenvalue weighted by atomic mass is 9.91. The van der Waals surface area contributed by atoms with Crippen molar-refractivity contribution in [3.8, 4) is 0 Å². The van der Waals surface area contributed by atoms with E-state index in [1.54, 1.807) is 4.90 Å². The Bertz CT molecular complexity index is 626. The molecule has 0 aromatic heterocycles. The van der Waals surface area contributed by atoms with Gasteiger partial charge >= 0.3 is 0 Å². The highest BCUT2D eigenvalue weighted by Gasteiger charge is 2.35. The second kappa shape index (κ2) is 7.19. The molecule has 1 aliphatic heterocycles. The molecule has 1 atom stereocenters. The number of nitrogens with one attached hydrogen (secondary N) is 1. The molecule has 1 aromatic carbocycles. The van der Waals surface area contributed by atoms with Gasteiger partial charge in [-0.2, -0.15) is 0 Å². The first kappa shape index (κ1) is 18.0. The van der Waals surface area contributed by atoms with Gasteiger partial charge in [0.1, 0.15) is 6.04 Å². The van der Waals surface area contributed by atoms with E-state index in [2.05, 4.69) is 50.4 Å². The SMILES string of the molecule is CC(C)(C)CC(=O)N1CCC[C@@H]1C(=O)NCc1ccc(C2CC2)cc1. The summed E-state index contributed by atoms with van der Waals surface area (Å²) in [4.78, 5) is 26.9. The van der Waals surface area contributed by atoms with Crippen molar-refractivity contribution in [1.82, 2.24) is 10.2 Å². The predicted octanol–water partition coefficient (Wildman–Crippen LogP) is 3.61. The highest BCUT2D eigenvalue weighted by atomic mass is 16.2. The molecule has 0 spiro atoms. The van der Waals surface area contributed by atoms with Gasteiger partial charge in [-0.1, -0.05) is 45.0 Å². The van der Waals surface area contributed by atoms with Crippen molar-refractivity contribution in [1.29, 1.82) is 0 Å². The van der Waals surface area contributed by atoms with Crippen LogP contribution in [-0.4, -0.2) is 29.3 Å². The van der Waals surface area contributed by atoms with E-state index in [4.69, 9.17) is 0 Å². The van der Waals surface area contributed by atoms with Gasteiger partial charge in [-0.25, -0.2) is 0 Å². The summed E-state index contributed by atoms with van der Waals surface area (Å²) in [6, 6.07) is 8.25. The van der Waals surface area contributed by atoms with Crippen LogP contribution < -0.4 is 5.32 Å². The Balaban J connectivity index is 1.53. The van der Waals surface area contributed by atoms with E-state index in [1.165, 1.54) is 18.4 Å². The predicted molar refractivity (Wildman–Crippen MR) is 99.1 cm³/mol. The Hall–Kier alpha value is -1.84. The molecule has 3 rings (SSSR count). The number of amides is 2. The van der Waals surface area contributed by atoms with Crippen LogP contribution in [0.1, 0.15) is 69.9 Å². The fraction of sp³-hybridized carbons (Fsp3) is 0.619. The molecular formula is C21H30N2O2. The van der Waals surface area contributed by atoms with Crippen molar-refractivity contribution in [2.45, 2.75) is 71.4 Å². The molecule has 1 N–H and O–H groups in total. The fourth-order valence-electron chi connectivity index (χ4n) is 3.52. The van der Waals surface area contributed by atoms with Gasteiger partial charge in [-0.15, -0.1) is 0 Å². The van der Waals surface area contributed by atoms with Crippen LogP contribution in [0.15, 0.2) is 24.3 Å². The monoisotopic (exact) mass is 342 g/mol. The summed E-state index contributed by atoms with van der Waals surface area (Å²) in [5, 5.41) is 3.02. The Morgan fingerprint density at radius 1 is 1.12 bits per heavy atom. The molecule has 1 saturated heterocycles. The third kappa shape index (κ3) is 4.83. The number of hydrogen-bond donors (Lipinski definition) is 1. The zero-order valence-electron chi connectivity index (χ0n) is 15.7. The minimum absolute atomic E-state index is 0.0222. The summed E-state index contributed by atoms with van der Waals surface area (Å²) in [6.07, 6.45) is 4.76. The molecule has 4 heteroatoms. The largest absolute Gasteiger partial charge is 0.350 e. The third-order valence-electron chi connectivity index (χ3n) is 5.05. The van der Waals surface area contributed by atoms with Gasteiger partial charge in [-0.3, -0.25) is 9.59 Å². The Labute approximate surface area is 151 Å². The molecule has 0 radical (unpaired) electrons. The average molecular weight is 342 g/mol. The maximum Gasteiger partial charge on any atom is 0.243 e. The molecule has 1 aromatic rings. The molecule has 1 heterocycles. The van der Waals surface area contributed by atoms with Crippen LogP contribution in [0.2, 0.25) is 0 Å². The van der Waals surface area contributed by atoms with E-state index in [0.29, 0.717) is 19.5 Å². The Morgan fingerprint density at radius 3 is 2.40 bits per heavy atom.